The number of hydrogen-bond donors (Lipinski definition) is 0. The first-order valence-corrected chi connectivity index (χ1v) is 7.33. The van der Waals surface area contributed by atoms with Gasteiger partial charge in [0.1, 0.15) is 5.75 Å². The molecule has 110 valence electrons. The maximum absolute atomic E-state index is 12.6. The van der Waals surface area contributed by atoms with Crippen LogP contribution in [0.1, 0.15) is 38.2 Å². The molecule has 0 N–H and O–H groups in total. The standard InChI is InChI=1S/C19H22O2/c1-5-7-8-17-18(13(3)16(6-2)19(17)20)14-9-11-15(21-4)12-10-14/h5,8-12,18H,1,6-7H2,2-4H3/b17-8+. The van der Waals surface area contributed by atoms with Gasteiger partial charge in [-0.25, -0.2) is 0 Å². The van der Waals surface area contributed by atoms with Crippen molar-refractivity contribution in [1.29, 1.82) is 0 Å². The largest absolute Gasteiger partial charge is 0.497 e. The molecular formula is C19H22O2. The second kappa shape index (κ2) is 6.57. The first-order valence-electron chi connectivity index (χ1n) is 7.33. The van der Waals surface area contributed by atoms with Crippen LogP contribution in [0.15, 0.2) is 59.7 Å². The summed E-state index contributed by atoms with van der Waals surface area (Å²) in [6.07, 6.45) is 5.34. The van der Waals surface area contributed by atoms with E-state index >= 15 is 0 Å². The molecule has 0 saturated carbocycles. The van der Waals surface area contributed by atoms with Gasteiger partial charge in [-0.3, -0.25) is 4.79 Å². The van der Waals surface area contributed by atoms with Gasteiger partial charge < -0.3 is 4.74 Å². The van der Waals surface area contributed by atoms with E-state index in [0.717, 1.165) is 35.3 Å². The SMILES string of the molecule is C=CC/C=C1/C(=O)C(CC)=C(C)C1c1ccc(OC)cc1. The van der Waals surface area contributed by atoms with Crippen molar-refractivity contribution in [3.63, 3.8) is 0 Å². The van der Waals surface area contributed by atoms with E-state index in [1.165, 1.54) is 5.57 Å². The van der Waals surface area contributed by atoms with Gasteiger partial charge in [0.05, 0.1) is 7.11 Å². The summed E-state index contributed by atoms with van der Waals surface area (Å²) in [5.74, 6) is 1.09. The number of benzene rings is 1. The lowest BCUT2D eigenvalue weighted by atomic mass is 9.88. The van der Waals surface area contributed by atoms with Crippen LogP contribution in [0.5, 0.6) is 5.75 Å². The van der Waals surface area contributed by atoms with Crippen molar-refractivity contribution in [3.8, 4) is 5.75 Å². The van der Waals surface area contributed by atoms with E-state index < -0.39 is 0 Å². The average Bonchev–Trinajstić information content (AvgIpc) is 2.75. The molecule has 0 radical (unpaired) electrons. The summed E-state index contributed by atoms with van der Waals surface area (Å²) >= 11 is 0. The molecule has 0 amide bonds. The highest BCUT2D eigenvalue weighted by molar-refractivity contribution is 6.13. The molecule has 0 bridgehead atoms. The minimum atomic E-state index is 0.0679. The summed E-state index contributed by atoms with van der Waals surface area (Å²) in [7, 11) is 1.66. The number of carbonyl (C=O) groups is 1. The van der Waals surface area contributed by atoms with E-state index in [9.17, 15) is 4.79 Å². The normalized spacial score (nSPS) is 20.2. The maximum atomic E-state index is 12.6. The Kier molecular flexibility index (Phi) is 4.79. The molecule has 2 nitrogen and oxygen atoms in total. The fraction of sp³-hybridized carbons (Fsp3) is 0.316. The first kappa shape index (κ1) is 15.3. The van der Waals surface area contributed by atoms with Crippen molar-refractivity contribution in [1.82, 2.24) is 0 Å². The molecule has 1 atom stereocenters. The molecule has 1 aliphatic rings. The van der Waals surface area contributed by atoms with Crippen LogP contribution < -0.4 is 4.74 Å². The van der Waals surface area contributed by atoms with Crippen molar-refractivity contribution in [2.24, 2.45) is 0 Å². The van der Waals surface area contributed by atoms with Gasteiger partial charge in [0.2, 0.25) is 0 Å². The lowest BCUT2D eigenvalue weighted by Crippen LogP contribution is -2.04. The number of Topliss-reactive ketones (excluding diaryl/α,β-unsaturated/α-hetero) is 1. The van der Waals surface area contributed by atoms with Crippen LogP contribution in [-0.2, 0) is 4.79 Å². The van der Waals surface area contributed by atoms with E-state index in [4.69, 9.17) is 4.74 Å². The molecule has 2 heteroatoms. The van der Waals surface area contributed by atoms with Crippen molar-refractivity contribution in [3.05, 3.63) is 65.3 Å². The van der Waals surface area contributed by atoms with E-state index in [2.05, 4.69) is 13.5 Å². The monoisotopic (exact) mass is 282 g/mol. The Morgan fingerprint density at radius 3 is 2.48 bits per heavy atom. The van der Waals surface area contributed by atoms with Gasteiger partial charge in [-0.1, -0.05) is 36.8 Å². The highest BCUT2D eigenvalue weighted by Crippen LogP contribution is 2.42. The first-order chi connectivity index (χ1) is 10.1. The van der Waals surface area contributed by atoms with Crippen LogP contribution in [0.2, 0.25) is 0 Å². The predicted molar refractivity (Wildman–Crippen MR) is 86.6 cm³/mol. The third-order valence-corrected chi connectivity index (χ3v) is 4.06. The van der Waals surface area contributed by atoms with Crippen LogP contribution in [-0.4, -0.2) is 12.9 Å². The number of allylic oxidation sites excluding steroid dienone is 5. The molecule has 1 unspecified atom stereocenters. The zero-order chi connectivity index (χ0) is 15.4. The fourth-order valence-electron chi connectivity index (χ4n) is 2.98. The number of methoxy groups -OCH3 is 1. The number of ether oxygens (including phenoxy) is 1. The van der Waals surface area contributed by atoms with E-state index in [0.29, 0.717) is 0 Å². The summed E-state index contributed by atoms with van der Waals surface area (Å²) in [6.45, 7) is 7.85. The number of rotatable bonds is 5. The zero-order valence-electron chi connectivity index (χ0n) is 13.0. The van der Waals surface area contributed by atoms with Gasteiger partial charge in [0, 0.05) is 11.5 Å². The van der Waals surface area contributed by atoms with Crippen LogP contribution in [0.4, 0.5) is 0 Å². The fourth-order valence-corrected chi connectivity index (χ4v) is 2.98. The Morgan fingerprint density at radius 2 is 1.95 bits per heavy atom. The molecule has 0 aromatic heterocycles. The molecule has 1 aromatic carbocycles. The highest BCUT2D eigenvalue weighted by atomic mass is 16.5. The molecule has 0 heterocycles. The predicted octanol–water partition coefficient (Wildman–Crippen LogP) is 4.59. The Balaban J connectivity index is 2.47. The minimum absolute atomic E-state index is 0.0679. The Hall–Kier alpha value is -2.09. The lowest BCUT2D eigenvalue weighted by molar-refractivity contribution is -0.112. The van der Waals surface area contributed by atoms with Crippen molar-refractivity contribution >= 4 is 5.78 Å². The Morgan fingerprint density at radius 1 is 1.29 bits per heavy atom. The minimum Gasteiger partial charge on any atom is -0.497 e. The molecule has 0 spiro atoms. The van der Waals surface area contributed by atoms with Gasteiger partial charge >= 0.3 is 0 Å². The van der Waals surface area contributed by atoms with E-state index in [1.807, 2.05) is 43.3 Å². The van der Waals surface area contributed by atoms with Crippen LogP contribution in [0.3, 0.4) is 0 Å². The summed E-state index contributed by atoms with van der Waals surface area (Å²) in [6, 6.07) is 7.98. The summed E-state index contributed by atoms with van der Waals surface area (Å²) in [5.41, 5.74) is 4.14. The molecule has 21 heavy (non-hydrogen) atoms. The second-order valence-electron chi connectivity index (χ2n) is 5.23. The topological polar surface area (TPSA) is 26.3 Å². The number of ketones is 1. The summed E-state index contributed by atoms with van der Waals surface area (Å²) in [5, 5.41) is 0. The van der Waals surface area contributed by atoms with E-state index in [1.54, 1.807) is 7.11 Å². The summed E-state index contributed by atoms with van der Waals surface area (Å²) < 4.78 is 5.21. The third-order valence-electron chi connectivity index (χ3n) is 4.06. The third kappa shape index (κ3) is 2.85. The van der Waals surface area contributed by atoms with Crippen molar-refractivity contribution in [2.45, 2.75) is 32.6 Å². The Labute approximate surface area is 126 Å². The molecule has 1 aliphatic carbocycles. The van der Waals surface area contributed by atoms with Crippen molar-refractivity contribution in [2.75, 3.05) is 7.11 Å². The van der Waals surface area contributed by atoms with Crippen molar-refractivity contribution < 1.29 is 9.53 Å². The van der Waals surface area contributed by atoms with Gasteiger partial charge in [0.15, 0.2) is 5.78 Å². The molecule has 1 aromatic rings. The molecule has 0 aliphatic heterocycles. The number of carbonyl (C=O) groups excluding carboxylic acids is 1. The van der Waals surface area contributed by atoms with Gasteiger partial charge in [0.25, 0.3) is 0 Å². The lowest BCUT2D eigenvalue weighted by Gasteiger charge is -2.15. The molecular weight excluding hydrogens is 260 g/mol. The van der Waals surface area contributed by atoms with Crippen LogP contribution in [0.25, 0.3) is 0 Å². The number of hydrogen-bond acceptors (Lipinski definition) is 2. The maximum Gasteiger partial charge on any atom is 0.185 e. The van der Waals surface area contributed by atoms with Gasteiger partial charge in [-0.15, -0.1) is 6.58 Å². The zero-order valence-corrected chi connectivity index (χ0v) is 13.0. The Bertz CT molecular complexity index is 603. The smallest absolute Gasteiger partial charge is 0.185 e. The van der Waals surface area contributed by atoms with Gasteiger partial charge in [-0.2, -0.15) is 0 Å². The summed E-state index contributed by atoms with van der Waals surface area (Å²) in [4.78, 5) is 12.6. The molecule has 2 rings (SSSR count). The molecule has 0 saturated heterocycles. The molecule has 0 fully saturated rings. The highest BCUT2D eigenvalue weighted by Gasteiger charge is 2.34. The van der Waals surface area contributed by atoms with Crippen LogP contribution >= 0.6 is 0 Å². The second-order valence-corrected chi connectivity index (χ2v) is 5.23. The average molecular weight is 282 g/mol. The van der Waals surface area contributed by atoms with Gasteiger partial charge in [-0.05, 0) is 43.0 Å². The van der Waals surface area contributed by atoms with Crippen LogP contribution in [0, 0.1) is 0 Å². The quantitative estimate of drug-likeness (QED) is 0.583. The van der Waals surface area contributed by atoms with E-state index in [-0.39, 0.29) is 11.7 Å².